The zero-order chi connectivity index (χ0) is 16.9. The molecule has 0 spiro atoms. The predicted molar refractivity (Wildman–Crippen MR) is 96.5 cm³/mol. The summed E-state index contributed by atoms with van der Waals surface area (Å²) >= 11 is 1.29. The fraction of sp³-hybridized carbons (Fsp3) is 0.529. The lowest BCUT2D eigenvalue weighted by Crippen LogP contribution is -2.35. The van der Waals surface area contributed by atoms with Crippen molar-refractivity contribution in [3.05, 3.63) is 29.4 Å². The summed E-state index contributed by atoms with van der Waals surface area (Å²) in [5.41, 5.74) is 2.12. The van der Waals surface area contributed by atoms with Gasteiger partial charge >= 0.3 is 0 Å². The summed E-state index contributed by atoms with van der Waals surface area (Å²) in [6, 6.07) is 4.34. The summed E-state index contributed by atoms with van der Waals surface area (Å²) in [5.74, 6) is 1.43. The van der Waals surface area contributed by atoms with Crippen LogP contribution in [0.3, 0.4) is 0 Å². The molecule has 3 heterocycles. The first kappa shape index (κ1) is 16.8. The van der Waals surface area contributed by atoms with Crippen LogP contribution in [0.15, 0.2) is 23.8 Å². The molecule has 1 saturated heterocycles. The molecule has 1 N–H and O–H groups in total. The third kappa shape index (κ3) is 3.72. The van der Waals surface area contributed by atoms with Crippen molar-refractivity contribution in [2.45, 2.75) is 45.6 Å². The Hall–Kier alpha value is -2.02. The largest absolute Gasteiger partial charge is 0.353 e. The SMILES string of the molecule is CCCC(C)C1CCCN1c1ccc(C(=O)Nc2nncs2)cn1. The van der Waals surface area contributed by atoms with Gasteiger partial charge in [0.1, 0.15) is 11.3 Å². The molecule has 2 aromatic rings. The molecule has 0 radical (unpaired) electrons. The van der Waals surface area contributed by atoms with Crippen LogP contribution in [0.4, 0.5) is 10.9 Å². The summed E-state index contributed by atoms with van der Waals surface area (Å²) in [7, 11) is 0. The van der Waals surface area contributed by atoms with Crippen LogP contribution in [-0.2, 0) is 0 Å². The molecule has 1 aliphatic heterocycles. The van der Waals surface area contributed by atoms with Gasteiger partial charge in [0, 0.05) is 18.8 Å². The molecule has 24 heavy (non-hydrogen) atoms. The minimum Gasteiger partial charge on any atom is -0.353 e. The van der Waals surface area contributed by atoms with E-state index >= 15 is 0 Å². The third-order valence-corrected chi connectivity index (χ3v) is 5.19. The van der Waals surface area contributed by atoms with Gasteiger partial charge in [0.25, 0.3) is 5.91 Å². The summed E-state index contributed by atoms with van der Waals surface area (Å²) in [4.78, 5) is 19.1. The number of rotatable bonds is 6. The van der Waals surface area contributed by atoms with E-state index in [1.54, 1.807) is 11.7 Å². The van der Waals surface area contributed by atoms with Gasteiger partial charge in [-0.25, -0.2) is 4.98 Å². The van der Waals surface area contributed by atoms with Gasteiger partial charge in [-0.3, -0.25) is 10.1 Å². The molecule has 0 aromatic carbocycles. The maximum atomic E-state index is 12.2. The van der Waals surface area contributed by atoms with E-state index in [2.05, 4.69) is 39.2 Å². The van der Waals surface area contributed by atoms with Gasteiger partial charge in [0.05, 0.1) is 5.56 Å². The number of aromatic nitrogens is 3. The van der Waals surface area contributed by atoms with Gasteiger partial charge in [0.2, 0.25) is 5.13 Å². The number of pyridine rings is 1. The van der Waals surface area contributed by atoms with Crippen molar-refractivity contribution < 1.29 is 4.79 Å². The lowest BCUT2D eigenvalue weighted by atomic mass is 9.95. The normalized spacial score (nSPS) is 18.6. The van der Waals surface area contributed by atoms with Crippen molar-refractivity contribution in [2.24, 2.45) is 5.92 Å². The van der Waals surface area contributed by atoms with Crippen LogP contribution in [-0.4, -0.2) is 33.7 Å². The van der Waals surface area contributed by atoms with Crippen LogP contribution in [0.1, 0.15) is 49.9 Å². The molecule has 2 unspecified atom stereocenters. The highest BCUT2D eigenvalue weighted by atomic mass is 32.1. The zero-order valence-electron chi connectivity index (χ0n) is 14.1. The summed E-state index contributed by atoms with van der Waals surface area (Å²) in [5, 5.41) is 10.7. The topological polar surface area (TPSA) is 71.0 Å². The Morgan fingerprint density at radius 1 is 1.50 bits per heavy atom. The minimum absolute atomic E-state index is 0.205. The van der Waals surface area contributed by atoms with Crippen LogP contribution in [0.2, 0.25) is 0 Å². The molecule has 0 bridgehead atoms. The molecule has 1 fully saturated rings. The quantitative estimate of drug-likeness (QED) is 0.866. The van der Waals surface area contributed by atoms with Gasteiger partial charge < -0.3 is 4.90 Å². The summed E-state index contributed by atoms with van der Waals surface area (Å²) in [6.07, 6.45) is 6.53. The van der Waals surface area contributed by atoms with Gasteiger partial charge in [-0.1, -0.05) is 31.6 Å². The highest BCUT2D eigenvalue weighted by molar-refractivity contribution is 7.13. The molecular formula is C17H23N5OS. The van der Waals surface area contributed by atoms with E-state index < -0.39 is 0 Å². The molecule has 3 rings (SSSR count). The fourth-order valence-electron chi connectivity index (χ4n) is 3.40. The van der Waals surface area contributed by atoms with Crippen molar-refractivity contribution in [2.75, 3.05) is 16.8 Å². The number of carbonyl (C=O) groups is 1. The molecule has 1 aliphatic rings. The maximum absolute atomic E-state index is 12.2. The lowest BCUT2D eigenvalue weighted by molar-refractivity contribution is 0.102. The van der Waals surface area contributed by atoms with Gasteiger partial charge in [-0.15, -0.1) is 10.2 Å². The molecule has 0 saturated carbocycles. The second kappa shape index (κ2) is 7.70. The monoisotopic (exact) mass is 345 g/mol. The van der Waals surface area contributed by atoms with Crippen molar-refractivity contribution in [3.8, 4) is 0 Å². The van der Waals surface area contributed by atoms with E-state index in [1.807, 2.05) is 12.1 Å². The summed E-state index contributed by atoms with van der Waals surface area (Å²) < 4.78 is 0. The fourth-order valence-corrected chi connectivity index (χ4v) is 3.84. The molecule has 1 amide bonds. The third-order valence-electron chi connectivity index (χ3n) is 4.58. The van der Waals surface area contributed by atoms with Crippen LogP contribution in [0.25, 0.3) is 0 Å². The Morgan fingerprint density at radius 2 is 2.38 bits per heavy atom. The maximum Gasteiger partial charge on any atom is 0.259 e. The highest BCUT2D eigenvalue weighted by Crippen LogP contribution is 2.30. The number of amides is 1. The van der Waals surface area contributed by atoms with Crippen molar-refractivity contribution in [1.82, 2.24) is 15.2 Å². The molecule has 128 valence electrons. The number of nitrogens with zero attached hydrogens (tertiary/aromatic N) is 4. The Balaban J connectivity index is 1.68. The van der Waals surface area contributed by atoms with Crippen molar-refractivity contribution >= 4 is 28.2 Å². The Labute approximate surface area is 146 Å². The average Bonchev–Trinajstić information content (AvgIpc) is 3.26. The van der Waals surface area contributed by atoms with E-state index in [4.69, 9.17) is 0 Å². The molecule has 2 aromatic heterocycles. The first-order chi connectivity index (χ1) is 11.7. The first-order valence-corrected chi connectivity index (χ1v) is 9.37. The van der Waals surface area contributed by atoms with Crippen LogP contribution >= 0.6 is 11.3 Å². The molecule has 2 atom stereocenters. The number of anilines is 2. The van der Waals surface area contributed by atoms with E-state index in [0.717, 1.165) is 12.4 Å². The van der Waals surface area contributed by atoms with Crippen LogP contribution in [0, 0.1) is 5.92 Å². The zero-order valence-corrected chi connectivity index (χ0v) is 14.9. The second-order valence-electron chi connectivity index (χ2n) is 6.27. The summed E-state index contributed by atoms with van der Waals surface area (Å²) in [6.45, 7) is 5.61. The van der Waals surface area contributed by atoms with E-state index in [0.29, 0.717) is 22.7 Å². The molecular weight excluding hydrogens is 322 g/mol. The number of nitrogens with one attached hydrogen (secondary N) is 1. The highest BCUT2D eigenvalue weighted by Gasteiger charge is 2.29. The predicted octanol–water partition coefficient (Wildman–Crippen LogP) is 3.59. The van der Waals surface area contributed by atoms with Crippen molar-refractivity contribution in [1.29, 1.82) is 0 Å². The van der Waals surface area contributed by atoms with Gasteiger partial charge in [0.15, 0.2) is 0 Å². The first-order valence-electron chi connectivity index (χ1n) is 8.49. The Bertz CT molecular complexity index is 658. The van der Waals surface area contributed by atoms with E-state index in [-0.39, 0.29) is 5.91 Å². The minimum atomic E-state index is -0.205. The number of hydrogen-bond donors (Lipinski definition) is 1. The second-order valence-corrected chi connectivity index (χ2v) is 7.11. The molecule has 7 heteroatoms. The van der Waals surface area contributed by atoms with E-state index in [1.165, 1.54) is 37.0 Å². The molecule has 0 aliphatic carbocycles. The van der Waals surface area contributed by atoms with Gasteiger partial charge in [-0.2, -0.15) is 0 Å². The number of carbonyl (C=O) groups excluding carboxylic acids is 1. The van der Waals surface area contributed by atoms with Gasteiger partial charge in [-0.05, 0) is 37.3 Å². The van der Waals surface area contributed by atoms with Crippen molar-refractivity contribution in [3.63, 3.8) is 0 Å². The van der Waals surface area contributed by atoms with Crippen LogP contribution < -0.4 is 10.2 Å². The average molecular weight is 345 g/mol. The Morgan fingerprint density at radius 3 is 3.04 bits per heavy atom. The van der Waals surface area contributed by atoms with E-state index in [9.17, 15) is 4.79 Å². The lowest BCUT2D eigenvalue weighted by Gasteiger charge is -2.30. The number of hydrogen-bond acceptors (Lipinski definition) is 6. The Kier molecular flexibility index (Phi) is 5.40. The molecule has 6 nitrogen and oxygen atoms in total. The van der Waals surface area contributed by atoms with Crippen LogP contribution in [0.5, 0.6) is 0 Å². The smallest absolute Gasteiger partial charge is 0.259 e. The standard InChI is InChI=1S/C17H23N5OS/c1-3-5-12(2)14-6-4-9-22(14)15-8-7-13(10-18-15)16(23)20-17-21-19-11-24-17/h7-8,10-12,14H,3-6,9H2,1-2H3,(H,20,21,23).